The number of carbonyl (C=O) groups is 1. The molecule has 1 aliphatic heterocycles. The van der Waals surface area contributed by atoms with Gasteiger partial charge in [0, 0.05) is 32.3 Å². The van der Waals surface area contributed by atoms with Gasteiger partial charge in [-0.2, -0.15) is 0 Å². The molecule has 1 rings (SSSR count). The third-order valence-corrected chi connectivity index (χ3v) is 4.44. The van der Waals surface area contributed by atoms with Crippen molar-refractivity contribution < 1.29 is 55.1 Å². The van der Waals surface area contributed by atoms with Crippen LogP contribution in [0.2, 0.25) is 0 Å². The maximum atomic E-state index is 11.8. The molecular formula is C18H28O11. The monoisotopic (exact) mass is 420 g/mol. The number of aliphatic hydroxyl groups excluding tert-OH is 8. The number of hydrogen-bond donors (Lipinski definition) is 8. The average Bonchev–Trinajstić information content (AvgIpc) is 2.70. The fourth-order valence-corrected chi connectivity index (χ4v) is 2.81. The second-order valence-corrected chi connectivity index (χ2v) is 6.58. The topological polar surface area (TPSA) is 197 Å². The van der Waals surface area contributed by atoms with Gasteiger partial charge in [-0.1, -0.05) is 0 Å². The molecule has 0 amide bonds. The molecule has 11 heteroatoms. The molecule has 1 fully saturated rings. The fourth-order valence-electron chi connectivity index (χ4n) is 2.81. The molecule has 0 aliphatic carbocycles. The Labute approximate surface area is 167 Å². The molecule has 1 saturated heterocycles. The van der Waals surface area contributed by atoms with Gasteiger partial charge in [-0.3, -0.25) is 4.79 Å². The molecule has 8 N–H and O–H groups in total. The molecule has 11 nitrogen and oxygen atoms in total. The van der Waals surface area contributed by atoms with Gasteiger partial charge >= 0.3 is 0 Å². The van der Waals surface area contributed by atoms with Crippen molar-refractivity contribution >= 4 is 5.78 Å². The van der Waals surface area contributed by atoms with Crippen LogP contribution >= 0.6 is 0 Å². The summed E-state index contributed by atoms with van der Waals surface area (Å²) in [6, 6.07) is 0. The van der Waals surface area contributed by atoms with E-state index in [1.165, 1.54) is 0 Å². The van der Waals surface area contributed by atoms with Gasteiger partial charge in [-0.25, -0.2) is 0 Å². The van der Waals surface area contributed by atoms with E-state index >= 15 is 0 Å². The third kappa shape index (κ3) is 6.91. The minimum absolute atomic E-state index is 0.0513. The van der Waals surface area contributed by atoms with E-state index in [4.69, 9.17) is 21.0 Å². The molecular weight excluding hydrogens is 392 g/mol. The highest BCUT2D eigenvalue weighted by Gasteiger charge is 2.46. The quantitative estimate of drug-likeness (QED) is 0.101. The average molecular weight is 420 g/mol. The normalized spacial score (nSPS) is 30.2. The lowest BCUT2D eigenvalue weighted by molar-refractivity contribution is -0.271. The Morgan fingerprint density at radius 3 is 2.31 bits per heavy atom. The summed E-state index contributed by atoms with van der Waals surface area (Å²) in [5, 5.41) is 77.6. The molecule has 1 heterocycles. The lowest BCUT2D eigenvalue weighted by atomic mass is 9.91. The van der Waals surface area contributed by atoms with E-state index in [2.05, 4.69) is 5.92 Å². The minimum atomic E-state index is -2.25. The Kier molecular flexibility index (Phi) is 10.5. The summed E-state index contributed by atoms with van der Waals surface area (Å²) in [6.45, 7) is -1.23. The van der Waals surface area contributed by atoms with Gasteiger partial charge in [0.25, 0.3) is 0 Å². The smallest absolute Gasteiger partial charge is 0.218 e. The number of aliphatic hydroxyl groups is 8. The number of hydrogen-bond acceptors (Lipinski definition) is 11. The third-order valence-electron chi connectivity index (χ3n) is 4.44. The predicted molar refractivity (Wildman–Crippen MR) is 96.3 cm³/mol. The Hall–Kier alpha value is -1.75. The molecule has 0 spiro atoms. The van der Waals surface area contributed by atoms with E-state index in [1.807, 2.05) is 0 Å². The van der Waals surface area contributed by atoms with Crippen LogP contribution in [0.5, 0.6) is 0 Å². The van der Waals surface area contributed by atoms with Crippen molar-refractivity contribution in [3.8, 4) is 12.3 Å². The Bertz CT molecular complexity index is 597. The summed E-state index contributed by atoms with van der Waals surface area (Å²) in [4.78, 5) is 11.8. The highest BCUT2D eigenvalue weighted by atomic mass is 16.6. The highest BCUT2D eigenvalue weighted by Crippen LogP contribution is 2.27. The van der Waals surface area contributed by atoms with Crippen LogP contribution in [0.1, 0.15) is 25.7 Å². The molecule has 166 valence electrons. The maximum Gasteiger partial charge on any atom is 0.218 e. The van der Waals surface area contributed by atoms with Crippen LogP contribution in [0.3, 0.4) is 0 Å². The molecule has 3 unspecified atom stereocenters. The molecule has 0 aromatic rings. The first-order valence-corrected chi connectivity index (χ1v) is 8.99. The molecule has 29 heavy (non-hydrogen) atoms. The van der Waals surface area contributed by atoms with Crippen molar-refractivity contribution in [2.24, 2.45) is 0 Å². The molecule has 0 aromatic carbocycles. The van der Waals surface area contributed by atoms with E-state index in [9.17, 15) is 40.5 Å². The van der Waals surface area contributed by atoms with Crippen molar-refractivity contribution in [2.75, 3.05) is 13.2 Å². The zero-order valence-corrected chi connectivity index (χ0v) is 15.7. The van der Waals surface area contributed by atoms with Crippen LogP contribution < -0.4 is 0 Å². The number of terminal acetylenes is 1. The van der Waals surface area contributed by atoms with E-state index in [0.29, 0.717) is 0 Å². The van der Waals surface area contributed by atoms with E-state index in [0.717, 1.165) is 0 Å². The van der Waals surface area contributed by atoms with E-state index < -0.39 is 67.6 Å². The first-order valence-electron chi connectivity index (χ1n) is 8.99. The second kappa shape index (κ2) is 12.1. The standard InChI is InChI=1S/C18H28O11/c1-2-3-4-9(21)7-11-14(24)15(25)17(12(8-20)28-11)29-18(27)16(26)13(23)10(22)5-6-19/h1,10-12,14-15,17-20,22-27H,3-8H2/b16-13-/t10-,11-,12?,14?,15?,17+,18-/m0/s1. The van der Waals surface area contributed by atoms with E-state index in [1.54, 1.807) is 0 Å². The molecule has 0 bridgehead atoms. The molecule has 7 atom stereocenters. The highest BCUT2D eigenvalue weighted by molar-refractivity contribution is 5.79. The lowest BCUT2D eigenvalue weighted by Gasteiger charge is -2.42. The van der Waals surface area contributed by atoms with Gasteiger partial charge in [-0.05, 0) is 0 Å². The lowest BCUT2D eigenvalue weighted by Crippen LogP contribution is -2.60. The van der Waals surface area contributed by atoms with Crippen LogP contribution in [-0.2, 0) is 14.3 Å². The molecule has 0 aromatic heterocycles. The van der Waals surface area contributed by atoms with Crippen molar-refractivity contribution in [1.29, 1.82) is 0 Å². The predicted octanol–water partition coefficient (Wildman–Crippen LogP) is -2.38. The maximum absolute atomic E-state index is 11.8. The number of carbonyl (C=O) groups excluding carboxylic acids is 1. The number of ether oxygens (including phenoxy) is 2. The number of rotatable bonds is 11. The van der Waals surface area contributed by atoms with Gasteiger partial charge in [0.15, 0.2) is 11.5 Å². The van der Waals surface area contributed by atoms with Crippen LogP contribution in [0.4, 0.5) is 0 Å². The van der Waals surface area contributed by atoms with Crippen LogP contribution in [0.15, 0.2) is 11.5 Å². The number of ketones is 1. The van der Waals surface area contributed by atoms with Gasteiger partial charge in [0.2, 0.25) is 6.29 Å². The summed E-state index contributed by atoms with van der Waals surface area (Å²) in [5.74, 6) is -0.266. The van der Waals surface area contributed by atoms with Crippen LogP contribution in [0.25, 0.3) is 0 Å². The van der Waals surface area contributed by atoms with E-state index in [-0.39, 0.29) is 31.5 Å². The van der Waals surface area contributed by atoms with Gasteiger partial charge in [0.1, 0.15) is 36.3 Å². The first kappa shape index (κ1) is 25.3. The van der Waals surface area contributed by atoms with Crippen molar-refractivity contribution in [2.45, 2.75) is 68.6 Å². The largest absolute Gasteiger partial charge is 0.506 e. The van der Waals surface area contributed by atoms with Crippen LogP contribution in [0, 0.1) is 12.3 Å². The first-order chi connectivity index (χ1) is 13.7. The Morgan fingerprint density at radius 2 is 1.76 bits per heavy atom. The zero-order chi connectivity index (χ0) is 22.1. The second-order valence-electron chi connectivity index (χ2n) is 6.58. The summed E-state index contributed by atoms with van der Waals surface area (Å²) < 4.78 is 10.4. The molecule has 1 aliphatic rings. The van der Waals surface area contributed by atoms with Crippen molar-refractivity contribution in [3.05, 3.63) is 11.5 Å². The SMILES string of the molecule is C#CCCC(=O)C[C@@H]1OC(CO)[C@@H](O[C@H](O)/C(O)=C(/O)[C@@H](O)CCO)C(O)C1O. The fraction of sp³-hybridized carbons (Fsp3) is 0.722. The zero-order valence-electron chi connectivity index (χ0n) is 15.7. The van der Waals surface area contributed by atoms with Gasteiger partial charge in [-0.15, -0.1) is 12.3 Å². The van der Waals surface area contributed by atoms with Crippen molar-refractivity contribution in [3.63, 3.8) is 0 Å². The Balaban J connectivity index is 2.86. The minimum Gasteiger partial charge on any atom is -0.506 e. The number of Topliss-reactive ketones (excluding diaryl/α,β-unsaturated/α-hetero) is 1. The molecule has 0 radical (unpaired) electrons. The molecule has 0 saturated carbocycles. The Morgan fingerprint density at radius 1 is 1.10 bits per heavy atom. The van der Waals surface area contributed by atoms with Gasteiger partial charge < -0.3 is 50.3 Å². The van der Waals surface area contributed by atoms with Crippen molar-refractivity contribution in [1.82, 2.24) is 0 Å². The summed E-state index contributed by atoms with van der Waals surface area (Å²) in [7, 11) is 0. The summed E-state index contributed by atoms with van der Waals surface area (Å²) >= 11 is 0. The summed E-state index contributed by atoms with van der Waals surface area (Å²) in [5.41, 5.74) is 0. The van der Waals surface area contributed by atoms with Gasteiger partial charge in [0.05, 0.1) is 12.7 Å². The van der Waals surface area contributed by atoms with Crippen LogP contribution in [-0.4, -0.2) is 103 Å². The summed E-state index contributed by atoms with van der Waals surface area (Å²) in [6.07, 6.45) is -6.54.